The molecular formula is C18H16N4O5. The number of nitro benzene ring substituents is 1. The van der Waals surface area contributed by atoms with E-state index in [0.717, 1.165) is 0 Å². The maximum absolute atomic E-state index is 12.7. The average Bonchev–Trinajstić information content (AvgIpc) is 2.87. The number of nitrogens with zero attached hydrogens (tertiary/aromatic N) is 2. The number of carbonyl (C=O) groups is 3. The average molecular weight is 368 g/mol. The van der Waals surface area contributed by atoms with Crippen LogP contribution in [0.25, 0.3) is 0 Å². The molecule has 0 saturated carbocycles. The Hall–Kier alpha value is -3.75. The van der Waals surface area contributed by atoms with Gasteiger partial charge in [-0.2, -0.15) is 5.01 Å². The van der Waals surface area contributed by atoms with E-state index in [-0.39, 0.29) is 17.7 Å². The van der Waals surface area contributed by atoms with Crippen molar-refractivity contribution in [3.63, 3.8) is 0 Å². The summed E-state index contributed by atoms with van der Waals surface area (Å²) in [5, 5.41) is 14.2. The van der Waals surface area contributed by atoms with Crippen LogP contribution in [0, 0.1) is 10.1 Å². The van der Waals surface area contributed by atoms with Gasteiger partial charge < -0.3 is 5.32 Å². The van der Waals surface area contributed by atoms with E-state index >= 15 is 0 Å². The van der Waals surface area contributed by atoms with Crippen molar-refractivity contribution in [2.75, 3.05) is 0 Å². The van der Waals surface area contributed by atoms with E-state index in [4.69, 9.17) is 0 Å². The van der Waals surface area contributed by atoms with E-state index in [1.165, 1.54) is 25.1 Å². The molecule has 3 rings (SSSR count). The van der Waals surface area contributed by atoms with Crippen LogP contribution >= 0.6 is 0 Å². The lowest BCUT2D eigenvalue weighted by Crippen LogP contribution is -2.48. The van der Waals surface area contributed by atoms with Gasteiger partial charge in [0.25, 0.3) is 11.6 Å². The largest absolute Gasteiger partial charge is 0.344 e. The number of hydrogen-bond acceptors (Lipinski definition) is 5. The van der Waals surface area contributed by atoms with Gasteiger partial charge in [0.05, 0.1) is 11.3 Å². The summed E-state index contributed by atoms with van der Waals surface area (Å²) in [6, 6.07) is 13.6. The number of nitrogens with one attached hydrogen (secondary N) is 2. The standard InChI is InChI=1S/C18H16N4O5/c1-18(13-8-3-2-4-9-13)16(24)21(17(25)19-18)20-15(23)11-12-7-5-6-10-14(12)22(26)27/h2-10H,11H2,1H3,(H,19,25)(H,20,23). The van der Waals surface area contributed by atoms with Crippen LogP contribution in [0.3, 0.4) is 0 Å². The number of imide groups is 1. The fourth-order valence-corrected chi connectivity index (χ4v) is 2.88. The Morgan fingerprint density at radius 2 is 1.78 bits per heavy atom. The van der Waals surface area contributed by atoms with Crippen molar-refractivity contribution in [3.05, 3.63) is 75.8 Å². The lowest BCUT2D eigenvalue weighted by atomic mass is 9.92. The minimum absolute atomic E-state index is 0.179. The molecule has 1 aliphatic rings. The molecule has 1 heterocycles. The van der Waals surface area contributed by atoms with Gasteiger partial charge in [0, 0.05) is 11.6 Å². The Balaban J connectivity index is 1.76. The predicted molar refractivity (Wildman–Crippen MR) is 94.1 cm³/mol. The number of hydrogen-bond donors (Lipinski definition) is 2. The summed E-state index contributed by atoms with van der Waals surface area (Å²) >= 11 is 0. The molecule has 1 saturated heterocycles. The molecule has 4 amide bonds. The highest BCUT2D eigenvalue weighted by Crippen LogP contribution is 2.27. The SMILES string of the molecule is CC1(c2ccccc2)NC(=O)N(NC(=O)Cc2ccccc2[N+](=O)[O-])C1=O. The van der Waals surface area contributed by atoms with Crippen molar-refractivity contribution in [2.24, 2.45) is 0 Å². The van der Waals surface area contributed by atoms with Crippen LogP contribution in [-0.4, -0.2) is 27.8 Å². The lowest BCUT2D eigenvalue weighted by Gasteiger charge is -2.22. The molecule has 9 heteroatoms. The van der Waals surface area contributed by atoms with Crippen LogP contribution in [0.4, 0.5) is 10.5 Å². The maximum atomic E-state index is 12.7. The van der Waals surface area contributed by atoms with Crippen LogP contribution in [0.5, 0.6) is 0 Å². The molecule has 0 aliphatic carbocycles. The van der Waals surface area contributed by atoms with Gasteiger partial charge in [-0.05, 0) is 12.5 Å². The van der Waals surface area contributed by atoms with E-state index in [9.17, 15) is 24.5 Å². The molecule has 1 aliphatic heterocycles. The molecular weight excluding hydrogens is 352 g/mol. The summed E-state index contributed by atoms with van der Waals surface area (Å²) in [7, 11) is 0. The van der Waals surface area contributed by atoms with Crippen molar-refractivity contribution in [1.82, 2.24) is 15.8 Å². The monoisotopic (exact) mass is 368 g/mol. The zero-order chi connectivity index (χ0) is 19.6. The third-order valence-corrected chi connectivity index (χ3v) is 4.32. The minimum Gasteiger partial charge on any atom is -0.318 e. The highest BCUT2D eigenvalue weighted by molar-refractivity contribution is 6.08. The Kier molecular flexibility index (Phi) is 4.59. The van der Waals surface area contributed by atoms with E-state index in [2.05, 4.69) is 10.7 Å². The van der Waals surface area contributed by atoms with Crippen LogP contribution in [0.15, 0.2) is 54.6 Å². The second-order valence-electron chi connectivity index (χ2n) is 6.16. The number of amides is 4. The number of carbonyl (C=O) groups excluding carboxylic acids is 3. The molecule has 138 valence electrons. The quantitative estimate of drug-likeness (QED) is 0.472. The minimum atomic E-state index is -1.32. The maximum Gasteiger partial charge on any atom is 0.344 e. The van der Waals surface area contributed by atoms with Crippen LogP contribution in [0.2, 0.25) is 0 Å². The van der Waals surface area contributed by atoms with Crippen molar-refractivity contribution in [1.29, 1.82) is 0 Å². The van der Waals surface area contributed by atoms with Gasteiger partial charge in [-0.15, -0.1) is 0 Å². The molecule has 9 nitrogen and oxygen atoms in total. The number of urea groups is 1. The first-order chi connectivity index (χ1) is 12.8. The van der Waals surface area contributed by atoms with Gasteiger partial charge in [-0.25, -0.2) is 4.79 Å². The van der Waals surface area contributed by atoms with Crippen molar-refractivity contribution < 1.29 is 19.3 Å². The molecule has 2 aromatic carbocycles. The normalized spacial score (nSPS) is 18.9. The van der Waals surface area contributed by atoms with Crippen LogP contribution < -0.4 is 10.7 Å². The number of benzene rings is 2. The van der Waals surface area contributed by atoms with Gasteiger partial charge >= 0.3 is 6.03 Å². The molecule has 2 aromatic rings. The van der Waals surface area contributed by atoms with E-state index in [1.807, 2.05) is 0 Å². The molecule has 27 heavy (non-hydrogen) atoms. The van der Waals surface area contributed by atoms with Gasteiger partial charge in [-0.1, -0.05) is 48.5 Å². The van der Waals surface area contributed by atoms with Gasteiger partial charge in [-0.3, -0.25) is 25.1 Å². The summed E-state index contributed by atoms with van der Waals surface area (Å²) in [5.41, 5.74) is 1.45. The fraction of sp³-hybridized carbons (Fsp3) is 0.167. The Morgan fingerprint density at radius 3 is 2.44 bits per heavy atom. The molecule has 0 radical (unpaired) electrons. The van der Waals surface area contributed by atoms with Crippen molar-refractivity contribution in [2.45, 2.75) is 18.9 Å². The Bertz CT molecular complexity index is 930. The van der Waals surface area contributed by atoms with Crippen LogP contribution in [0.1, 0.15) is 18.1 Å². The Labute approximate surface area is 154 Å². The highest BCUT2D eigenvalue weighted by Gasteiger charge is 2.49. The number of para-hydroxylation sites is 1. The number of nitro groups is 1. The van der Waals surface area contributed by atoms with Gasteiger partial charge in [0.15, 0.2) is 0 Å². The van der Waals surface area contributed by atoms with Gasteiger partial charge in [0.1, 0.15) is 5.54 Å². The van der Waals surface area contributed by atoms with Crippen molar-refractivity contribution in [3.8, 4) is 0 Å². The predicted octanol–water partition coefficient (Wildman–Crippen LogP) is 1.64. The molecule has 1 atom stereocenters. The van der Waals surface area contributed by atoms with E-state index in [1.54, 1.807) is 36.4 Å². The second kappa shape index (κ2) is 6.87. The zero-order valence-corrected chi connectivity index (χ0v) is 14.3. The summed E-state index contributed by atoms with van der Waals surface area (Å²) in [4.78, 5) is 47.6. The van der Waals surface area contributed by atoms with Crippen LogP contribution in [-0.2, 0) is 21.5 Å². The first-order valence-corrected chi connectivity index (χ1v) is 8.07. The topological polar surface area (TPSA) is 122 Å². The summed E-state index contributed by atoms with van der Waals surface area (Å²) in [5.74, 6) is -1.36. The Morgan fingerprint density at radius 1 is 1.15 bits per heavy atom. The molecule has 1 fully saturated rings. The molecule has 0 spiro atoms. The smallest absolute Gasteiger partial charge is 0.318 e. The summed E-state index contributed by atoms with van der Waals surface area (Å²) in [6.07, 6.45) is -0.351. The number of hydrazine groups is 1. The highest BCUT2D eigenvalue weighted by atomic mass is 16.6. The molecule has 1 unspecified atom stereocenters. The first kappa shape index (κ1) is 18.1. The van der Waals surface area contributed by atoms with Gasteiger partial charge in [0.2, 0.25) is 5.91 Å². The fourth-order valence-electron chi connectivity index (χ4n) is 2.88. The van der Waals surface area contributed by atoms with E-state index in [0.29, 0.717) is 10.6 Å². The first-order valence-electron chi connectivity index (χ1n) is 8.07. The molecule has 2 N–H and O–H groups in total. The third kappa shape index (κ3) is 3.34. The molecule has 0 bridgehead atoms. The zero-order valence-electron chi connectivity index (χ0n) is 14.3. The summed E-state index contributed by atoms with van der Waals surface area (Å²) in [6.45, 7) is 1.54. The molecule has 0 aromatic heterocycles. The summed E-state index contributed by atoms with van der Waals surface area (Å²) < 4.78 is 0. The number of rotatable bonds is 5. The van der Waals surface area contributed by atoms with Crippen molar-refractivity contribution >= 4 is 23.5 Å². The lowest BCUT2D eigenvalue weighted by molar-refractivity contribution is -0.385. The second-order valence-corrected chi connectivity index (χ2v) is 6.16. The van der Waals surface area contributed by atoms with E-state index < -0.39 is 28.3 Å². The third-order valence-electron chi connectivity index (χ3n) is 4.32.